The highest BCUT2D eigenvalue weighted by Crippen LogP contribution is 2.31. The molecule has 4 rings (SSSR count). The Bertz CT molecular complexity index is 621. The smallest absolute Gasteiger partial charge is 0.238 e. The topological polar surface area (TPSA) is 44.8 Å². The van der Waals surface area contributed by atoms with E-state index in [1.54, 1.807) is 0 Å². The van der Waals surface area contributed by atoms with E-state index in [4.69, 9.17) is 4.74 Å². The Kier molecular flexibility index (Phi) is 5.98. The lowest BCUT2D eigenvalue weighted by atomic mass is 9.86. The number of nitrogens with one attached hydrogen (secondary N) is 1. The quantitative estimate of drug-likeness (QED) is 0.831. The van der Waals surface area contributed by atoms with Gasteiger partial charge in [-0.15, -0.1) is 0 Å². The summed E-state index contributed by atoms with van der Waals surface area (Å²) in [5.41, 5.74) is 0.846. The molecule has 5 heteroatoms. The molecule has 1 N–H and O–H groups in total. The molecule has 1 atom stereocenters. The van der Waals surface area contributed by atoms with E-state index >= 15 is 0 Å². The average molecular weight is 372 g/mol. The molecule has 1 aromatic carbocycles. The second kappa shape index (κ2) is 8.61. The van der Waals surface area contributed by atoms with Crippen molar-refractivity contribution in [3.05, 3.63) is 24.3 Å². The molecule has 2 aliphatic heterocycles. The van der Waals surface area contributed by atoms with Crippen LogP contribution in [0.25, 0.3) is 0 Å². The Morgan fingerprint density at radius 1 is 1.07 bits per heavy atom. The van der Waals surface area contributed by atoms with Gasteiger partial charge >= 0.3 is 0 Å². The predicted molar refractivity (Wildman–Crippen MR) is 108 cm³/mol. The zero-order valence-corrected chi connectivity index (χ0v) is 16.5. The molecule has 0 aromatic heterocycles. The van der Waals surface area contributed by atoms with Crippen LogP contribution in [0.3, 0.4) is 0 Å². The van der Waals surface area contributed by atoms with Crippen LogP contribution in [0, 0.1) is 0 Å². The molecule has 5 nitrogen and oxygen atoms in total. The van der Waals surface area contributed by atoms with Gasteiger partial charge in [-0.2, -0.15) is 0 Å². The maximum absolute atomic E-state index is 12.2. The minimum Gasteiger partial charge on any atom is -0.490 e. The van der Waals surface area contributed by atoms with E-state index in [0.29, 0.717) is 18.7 Å². The number of likely N-dealkylation sites (tertiary alicyclic amines) is 2. The van der Waals surface area contributed by atoms with Gasteiger partial charge in [-0.3, -0.25) is 9.69 Å². The van der Waals surface area contributed by atoms with Gasteiger partial charge in [-0.1, -0.05) is 6.42 Å². The summed E-state index contributed by atoms with van der Waals surface area (Å²) in [4.78, 5) is 17.1. The molecule has 1 amide bonds. The fraction of sp³-hybridized carbons (Fsp3) is 0.682. The first-order valence-corrected chi connectivity index (χ1v) is 10.7. The summed E-state index contributed by atoms with van der Waals surface area (Å²) in [7, 11) is 0. The summed E-state index contributed by atoms with van der Waals surface area (Å²) < 4.78 is 6.11. The van der Waals surface area contributed by atoms with Crippen molar-refractivity contribution in [3.8, 4) is 5.75 Å². The Hall–Kier alpha value is -1.59. The molecule has 0 spiro atoms. The number of amides is 1. The number of hydrogen-bond donors (Lipinski definition) is 1. The molecule has 0 bridgehead atoms. The number of rotatable bonds is 6. The van der Waals surface area contributed by atoms with Crippen molar-refractivity contribution in [2.75, 3.05) is 31.5 Å². The summed E-state index contributed by atoms with van der Waals surface area (Å²) >= 11 is 0. The largest absolute Gasteiger partial charge is 0.490 e. The van der Waals surface area contributed by atoms with Gasteiger partial charge in [-0.25, -0.2) is 0 Å². The van der Waals surface area contributed by atoms with Gasteiger partial charge in [0.25, 0.3) is 0 Å². The Balaban J connectivity index is 1.19. The summed E-state index contributed by atoms with van der Waals surface area (Å²) in [5.74, 6) is 0.976. The number of nitrogens with zero attached hydrogens (tertiary/aromatic N) is 2. The molecule has 1 saturated carbocycles. The molecule has 3 fully saturated rings. The van der Waals surface area contributed by atoms with Crippen LogP contribution in [0.2, 0.25) is 0 Å². The molecule has 0 unspecified atom stereocenters. The second-order valence-corrected chi connectivity index (χ2v) is 8.50. The lowest BCUT2D eigenvalue weighted by molar-refractivity contribution is -0.117. The minimum atomic E-state index is 0.0702. The summed E-state index contributed by atoms with van der Waals surface area (Å²) in [5, 5.41) is 3.01. The predicted octanol–water partition coefficient (Wildman–Crippen LogP) is 3.51. The van der Waals surface area contributed by atoms with Crippen molar-refractivity contribution in [3.63, 3.8) is 0 Å². The SMILES string of the molecule is C[C@@H]1CCCN1CC(=O)Nc1ccc(OC2CC(N3CCCCC3)C2)cc1. The zero-order chi connectivity index (χ0) is 18.6. The Morgan fingerprint density at radius 2 is 1.81 bits per heavy atom. The summed E-state index contributed by atoms with van der Waals surface area (Å²) in [6.45, 7) is 6.24. The standard InChI is InChI=1S/C22H33N3O2/c1-17-6-5-13-25(17)16-22(26)23-18-7-9-20(10-8-18)27-21-14-19(15-21)24-11-3-2-4-12-24/h7-10,17,19,21H,2-6,11-16H2,1H3,(H,23,26)/t17-,19?,21?/m1/s1. The Morgan fingerprint density at radius 3 is 2.48 bits per heavy atom. The number of hydrogen-bond acceptors (Lipinski definition) is 4. The van der Waals surface area contributed by atoms with Crippen LogP contribution in [-0.2, 0) is 4.79 Å². The number of carbonyl (C=O) groups is 1. The van der Waals surface area contributed by atoms with Crippen molar-refractivity contribution < 1.29 is 9.53 Å². The van der Waals surface area contributed by atoms with E-state index < -0.39 is 0 Å². The first kappa shape index (κ1) is 18.8. The third-order valence-corrected chi connectivity index (χ3v) is 6.46. The monoisotopic (exact) mass is 371 g/mol. The van der Waals surface area contributed by atoms with E-state index in [0.717, 1.165) is 36.9 Å². The van der Waals surface area contributed by atoms with Crippen LogP contribution >= 0.6 is 0 Å². The molecule has 1 aromatic rings. The molecule has 0 radical (unpaired) electrons. The summed E-state index contributed by atoms with van der Waals surface area (Å²) in [6, 6.07) is 9.08. The molecule has 2 saturated heterocycles. The van der Waals surface area contributed by atoms with Crippen LogP contribution in [0.15, 0.2) is 24.3 Å². The van der Waals surface area contributed by atoms with E-state index in [-0.39, 0.29) is 5.91 Å². The highest BCUT2D eigenvalue weighted by Gasteiger charge is 2.35. The third-order valence-electron chi connectivity index (χ3n) is 6.46. The van der Waals surface area contributed by atoms with Crippen molar-refractivity contribution in [1.29, 1.82) is 0 Å². The molecule has 2 heterocycles. The van der Waals surface area contributed by atoms with Crippen LogP contribution < -0.4 is 10.1 Å². The maximum atomic E-state index is 12.2. The normalized spacial score (nSPS) is 29.3. The first-order valence-electron chi connectivity index (χ1n) is 10.7. The molecular formula is C22H33N3O2. The van der Waals surface area contributed by atoms with Crippen LogP contribution in [0.1, 0.15) is 51.9 Å². The maximum Gasteiger partial charge on any atom is 0.238 e. The van der Waals surface area contributed by atoms with Gasteiger partial charge in [0.15, 0.2) is 0 Å². The molecule has 3 aliphatic rings. The highest BCUT2D eigenvalue weighted by atomic mass is 16.5. The highest BCUT2D eigenvalue weighted by molar-refractivity contribution is 5.92. The third kappa shape index (κ3) is 4.82. The lowest BCUT2D eigenvalue weighted by Crippen LogP contribution is -2.50. The molecular weight excluding hydrogens is 338 g/mol. The zero-order valence-electron chi connectivity index (χ0n) is 16.5. The molecule has 148 valence electrons. The first-order chi connectivity index (χ1) is 13.2. The van der Waals surface area contributed by atoms with Gasteiger partial charge in [0.2, 0.25) is 5.91 Å². The number of carbonyl (C=O) groups excluding carboxylic acids is 1. The van der Waals surface area contributed by atoms with Gasteiger partial charge in [0.05, 0.1) is 6.54 Å². The molecule has 27 heavy (non-hydrogen) atoms. The van der Waals surface area contributed by atoms with Crippen molar-refractivity contribution in [1.82, 2.24) is 9.80 Å². The van der Waals surface area contributed by atoms with Crippen LogP contribution in [0.5, 0.6) is 5.75 Å². The van der Waals surface area contributed by atoms with Crippen molar-refractivity contribution in [2.45, 2.75) is 70.1 Å². The van der Waals surface area contributed by atoms with Crippen LogP contribution in [-0.4, -0.2) is 60.1 Å². The van der Waals surface area contributed by atoms with E-state index in [9.17, 15) is 4.79 Å². The number of anilines is 1. The second-order valence-electron chi connectivity index (χ2n) is 8.50. The van der Waals surface area contributed by atoms with Gasteiger partial charge < -0.3 is 15.0 Å². The van der Waals surface area contributed by atoms with Gasteiger partial charge in [-0.05, 0) is 76.5 Å². The summed E-state index contributed by atoms with van der Waals surface area (Å²) in [6.07, 6.45) is 9.12. The van der Waals surface area contributed by atoms with Crippen molar-refractivity contribution >= 4 is 11.6 Å². The van der Waals surface area contributed by atoms with Crippen molar-refractivity contribution in [2.24, 2.45) is 0 Å². The van der Waals surface area contributed by atoms with Gasteiger partial charge in [0.1, 0.15) is 11.9 Å². The Labute approximate surface area is 163 Å². The minimum absolute atomic E-state index is 0.0702. The number of benzene rings is 1. The van der Waals surface area contributed by atoms with E-state index in [1.807, 2.05) is 24.3 Å². The fourth-order valence-corrected chi connectivity index (χ4v) is 4.64. The van der Waals surface area contributed by atoms with Crippen LogP contribution in [0.4, 0.5) is 5.69 Å². The van der Waals surface area contributed by atoms with Gasteiger partial charge in [0, 0.05) is 30.6 Å². The lowest BCUT2D eigenvalue weighted by Gasteiger charge is -2.44. The molecule has 1 aliphatic carbocycles. The van der Waals surface area contributed by atoms with E-state index in [1.165, 1.54) is 45.2 Å². The van der Waals surface area contributed by atoms with E-state index in [2.05, 4.69) is 22.0 Å². The fourth-order valence-electron chi connectivity index (χ4n) is 4.64. The number of ether oxygens (including phenoxy) is 1. The average Bonchev–Trinajstić information content (AvgIpc) is 3.04. The number of piperidine rings is 1.